The summed E-state index contributed by atoms with van der Waals surface area (Å²) in [6.07, 6.45) is 3.31. The third kappa shape index (κ3) is 3.00. The van der Waals surface area contributed by atoms with E-state index in [0.717, 1.165) is 35.4 Å². The van der Waals surface area contributed by atoms with Crippen molar-refractivity contribution >= 4 is 0 Å². The molecule has 1 aliphatic rings. The first-order valence-electron chi connectivity index (χ1n) is 7.27. The zero-order valence-corrected chi connectivity index (χ0v) is 12.3. The first-order chi connectivity index (χ1) is 10.3. The third-order valence-electron chi connectivity index (χ3n) is 3.82. The van der Waals surface area contributed by atoms with E-state index in [1.807, 2.05) is 24.3 Å². The predicted octanol–water partition coefficient (Wildman–Crippen LogP) is 2.62. The Kier molecular flexibility index (Phi) is 4.06. The molecule has 21 heavy (non-hydrogen) atoms. The first kappa shape index (κ1) is 13.9. The highest BCUT2D eigenvalue weighted by molar-refractivity contribution is 5.37. The average Bonchev–Trinajstić information content (AvgIpc) is 2.99. The van der Waals surface area contributed by atoms with Gasteiger partial charge in [0.15, 0.2) is 0 Å². The van der Waals surface area contributed by atoms with Gasteiger partial charge < -0.3 is 15.2 Å². The number of aryl methyl sites for hydroxylation is 2. The van der Waals surface area contributed by atoms with Gasteiger partial charge in [-0.05, 0) is 48.6 Å². The number of aromatic nitrogens is 1. The van der Waals surface area contributed by atoms with Crippen molar-refractivity contribution in [2.45, 2.75) is 32.4 Å². The lowest BCUT2D eigenvalue weighted by molar-refractivity contribution is 0.289. The van der Waals surface area contributed by atoms with Crippen LogP contribution in [-0.4, -0.2) is 12.1 Å². The molecule has 2 N–H and O–H groups in total. The summed E-state index contributed by atoms with van der Waals surface area (Å²) < 4.78 is 11.1. The Labute approximate surface area is 124 Å². The molecule has 110 valence electrons. The van der Waals surface area contributed by atoms with Crippen LogP contribution in [0.25, 0.3) is 0 Å². The number of rotatable bonds is 5. The van der Waals surface area contributed by atoms with E-state index in [-0.39, 0.29) is 0 Å². The van der Waals surface area contributed by atoms with Crippen molar-refractivity contribution < 1.29 is 9.47 Å². The molecule has 0 atom stereocenters. The van der Waals surface area contributed by atoms with E-state index in [2.05, 4.69) is 11.1 Å². The molecule has 1 aromatic carbocycles. The summed E-state index contributed by atoms with van der Waals surface area (Å²) in [7, 11) is 1.66. The monoisotopic (exact) mass is 284 g/mol. The molecule has 0 unspecified atom stereocenters. The van der Waals surface area contributed by atoms with Crippen molar-refractivity contribution in [2.24, 2.45) is 5.73 Å². The maximum absolute atomic E-state index is 5.89. The molecular formula is C17H20N2O2. The Balaban J connectivity index is 1.78. The molecule has 1 aliphatic carbocycles. The smallest absolute Gasteiger partial charge is 0.218 e. The minimum absolute atomic E-state index is 0.452. The zero-order valence-electron chi connectivity index (χ0n) is 12.3. The second-order valence-corrected chi connectivity index (χ2v) is 5.26. The molecule has 0 amide bonds. The van der Waals surface area contributed by atoms with Crippen molar-refractivity contribution in [1.82, 2.24) is 4.98 Å². The molecule has 4 heteroatoms. The van der Waals surface area contributed by atoms with E-state index in [0.29, 0.717) is 19.0 Å². The van der Waals surface area contributed by atoms with Crippen LogP contribution in [-0.2, 0) is 26.0 Å². The van der Waals surface area contributed by atoms with Crippen LogP contribution in [0.2, 0.25) is 0 Å². The lowest BCUT2D eigenvalue weighted by Crippen LogP contribution is -2.07. The van der Waals surface area contributed by atoms with Crippen molar-refractivity contribution in [1.29, 1.82) is 0 Å². The summed E-state index contributed by atoms with van der Waals surface area (Å²) in [6, 6.07) is 10.0. The van der Waals surface area contributed by atoms with Crippen LogP contribution < -0.4 is 15.2 Å². The van der Waals surface area contributed by atoms with Crippen LogP contribution in [0.5, 0.6) is 11.6 Å². The Morgan fingerprint density at radius 2 is 2.14 bits per heavy atom. The van der Waals surface area contributed by atoms with Crippen LogP contribution in [0.15, 0.2) is 30.3 Å². The van der Waals surface area contributed by atoms with E-state index < -0.39 is 0 Å². The van der Waals surface area contributed by atoms with Crippen LogP contribution in [0.1, 0.15) is 28.8 Å². The molecular weight excluding hydrogens is 264 g/mol. The van der Waals surface area contributed by atoms with E-state index in [9.17, 15) is 0 Å². The first-order valence-corrected chi connectivity index (χ1v) is 7.27. The Hall–Kier alpha value is -2.07. The summed E-state index contributed by atoms with van der Waals surface area (Å²) in [5, 5.41) is 0. The van der Waals surface area contributed by atoms with Gasteiger partial charge in [-0.15, -0.1) is 0 Å². The highest BCUT2D eigenvalue weighted by atomic mass is 16.5. The second-order valence-electron chi connectivity index (χ2n) is 5.26. The number of methoxy groups -OCH3 is 1. The van der Waals surface area contributed by atoms with Crippen molar-refractivity contribution in [3.05, 3.63) is 52.7 Å². The van der Waals surface area contributed by atoms with Gasteiger partial charge in [0.25, 0.3) is 0 Å². The lowest BCUT2D eigenvalue weighted by Gasteiger charge is -2.12. The fourth-order valence-electron chi connectivity index (χ4n) is 2.69. The number of nitrogens with two attached hydrogens (primary N) is 1. The summed E-state index contributed by atoms with van der Waals surface area (Å²) in [5.74, 6) is 1.50. The normalized spacial score (nSPS) is 13.0. The zero-order chi connectivity index (χ0) is 14.7. The minimum atomic E-state index is 0.452. The number of fused-ring (bicyclic) bond motifs is 1. The van der Waals surface area contributed by atoms with Gasteiger partial charge in [-0.1, -0.05) is 12.1 Å². The summed E-state index contributed by atoms with van der Waals surface area (Å²) in [4.78, 5) is 4.65. The maximum atomic E-state index is 5.89. The number of ether oxygens (including phenoxy) is 2. The van der Waals surface area contributed by atoms with Crippen molar-refractivity contribution in [3.63, 3.8) is 0 Å². The molecule has 0 spiro atoms. The van der Waals surface area contributed by atoms with Gasteiger partial charge in [0, 0.05) is 17.8 Å². The van der Waals surface area contributed by atoms with Crippen LogP contribution in [0, 0.1) is 0 Å². The molecule has 4 nitrogen and oxygen atoms in total. The molecule has 0 radical (unpaired) electrons. The second kappa shape index (κ2) is 6.14. The number of hydrogen-bond donors (Lipinski definition) is 1. The van der Waals surface area contributed by atoms with Gasteiger partial charge in [0.05, 0.1) is 7.11 Å². The SMILES string of the molecule is COc1cccc(COc2nc3c(cc2CN)CCC3)c1. The van der Waals surface area contributed by atoms with Gasteiger partial charge >= 0.3 is 0 Å². The standard InChI is InChI=1S/C17H20N2O2/c1-20-15-6-2-4-12(8-15)11-21-17-14(10-18)9-13-5-3-7-16(13)19-17/h2,4,6,8-9H,3,5,7,10-11,18H2,1H3. The number of hydrogen-bond acceptors (Lipinski definition) is 4. The molecule has 0 aliphatic heterocycles. The summed E-state index contributed by atoms with van der Waals surface area (Å²) in [6.45, 7) is 0.920. The van der Waals surface area contributed by atoms with Crippen LogP contribution in [0.4, 0.5) is 0 Å². The number of benzene rings is 1. The Morgan fingerprint density at radius 1 is 1.24 bits per heavy atom. The quantitative estimate of drug-likeness (QED) is 0.917. The molecule has 3 rings (SSSR count). The Morgan fingerprint density at radius 3 is 2.95 bits per heavy atom. The van der Waals surface area contributed by atoms with E-state index >= 15 is 0 Å². The molecule has 0 bridgehead atoms. The highest BCUT2D eigenvalue weighted by Gasteiger charge is 2.16. The number of pyridine rings is 1. The third-order valence-corrected chi connectivity index (χ3v) is 3.82. The fourth-order valence-corrected chi connectivity index (χ4v) is 2.69. The molecule has 1 heterocycles. The van der Waals surface area contributed by atoms with Crippen molar-refractivity contribution in [2.75, 3.05) is 7.11 Å². The predicted molar refractivity (Wildman–Crippen MR) is 81.5 cm³/mol. The molecule has 1 aromatic heterocycles. The van der Waals surface area contributed by atoms with Crippen molar-refractivity contribution in [3.8, 4) is 11.6 Å². The highest BCUT2D eigenvalue weighted by Crippen LogP contribution is 2.27. The van der Waals surface area contributed by atoms with Gasteiger partial charge in [-0.25, -0.2) is 4.98 Å². The summed E-state index contributed by atoms with van der Waals surface area (Å²) in [5.41, 5.74) is 10.3. The molecule has 0 fully saturated rings. The molecule has 2 aromatic rings. The lowest BCUT2D eigenvalue weighted by atomic mass is 10.1. The largest absolute Gasteiger partial charge is 0.497 e. The van der Waals surface area contributed by atoms with Crippen LogP contribution >= 0.6 is 0 Å². The minimum Gasteiger partial charge on any atom is -0.497 e. The fraction of sp³-hybridized carbons (Fsp3) is 0.353. The van der Waals surface area contributed by atoms with Crippen LogP contribution in [0.3, 0.4) is 0 Å². The van der Waals surface area contributed by atoms with Gasteiger partial charge in [0.1, 0.15) is 12.4 Å². The maximum Gasteiger partial charge on any atom is 0.218 e. The van der Waals surface area contributed by atoms with Gasteiger partial charge in [0.2, 0.25) is 5.88 Å². The number of nitrogens with zero attached hydrogens (tertiary/aromatic N) is 1. The molecule has 0 saturated carbocycles. The van der Waals surface area contributed by atoms with Gasteiger partial charge in [-0.3, -0.25) is 0 Å². The molecule has 0 saturated heterocycles. The average molecular weight is 284 g/mol. The Bertz CT molecular complexity index is 641. The van der Waals surface area contributed by atoms with E-state index in [1.54, 1.807) is 7.11 Å². The van der Waals surface area contributed by atoms with Gasteiger partial charge in [-0.2, -0.15) is 0 Å². The topological polar surface area (TPSA) is 57.4 Å². The van der Waals surface area contributed by atoms with E-state index in [1.165, 1.54) is 12.0 Å². The summed E-state index contributed by atoms with van der Waals surface area (Å²) >= 11 is 0. The van der Waals surface area contributed by atoms with E-state index in [4.69, 9.17) is 15.2 Å².